The van der Waals surface area contributed by atoms with E-state index in [2.05, 4.69) is 50.4 Å². The Labute approximate surface area is 251 Å². The highest BCUT2D eigenvalue weighted by Crippen LogP contribution is 2.44. The zero-order chi connectivity index (χ0) is 28.7. The summed E-state index contributed by atoms with van der Waals surface area (Å²) in [6, 6.07) is 24.6. The SMILES string of the molecule is Cc1ccc(/C(O)=C2\C(=O)C(=O)N(c3nnc(SCc4cccc5ccccc45)s3)C2c2ccc(Br)cc2)cc1F. The number of rotatable bonds is 6. The van der Waals surface area contributed by atoms with E-state index in [4.69, 9.17) is 0 Å². The van der Waals surface area contributed by atoms with E-state index in [-0.39, 0.29) is 16.3 Å². The van der Waals surface area contributed by atoms with E-state index in [0.717, 1.165) is 26.9 Å². The van der Waals surface area contributed by atoms with Crippen molar-refractivity contribution in [2.45, 2.75) is 23.1 Å². The maximum atomic E-state index is 14.4. The van der Waals surface area contributed by atoms with Gasteiger partial charge in [0.25, 0.3) is 5.78 Å². The van der Waals surface area contributed by atoms with Gasteiger partial charge in [-0.05, 0) is 52.6 Å². The number of carbonyl (C=O) groups is 2. The molecule has 204 valence electrons. The predicted molar refractivity (Wildman–Crippen MR) is 163 cm³/mol. The molecule has 1 fully saturated rings. The molecule has 2 heterocycles. The molecule has 10 heteroatoms. The van der Waals surface area contributed by atoms with Crippen molar-refractivity contribution < 1.29 is 19.1 Å². The number of carbonyl (C=O) groups excluding carboxylic acids is 2. The molecule has 1 aliphatic heterocycles. The second kappa shape index (κ2) is 11.2. The van der Waals surface area contributed by atoms with Gasteiger partial charge in [-0.2, -0.15) is 0 Å². The number of nitrogens with zero attached hydrogens (tertiary/aromatic N) is 3. The number of hydrogen-bond acceptors (Lipinski definition) is 7. The van der Waals surface area contributed by atoms with Crippen LogP contribution in [-0.2, 0) is 15.3 Å². The monoisotopic (exact) mass is 645 g/mol. The third-order valence-corrected chi connectivity index (χ3v) is 9.54. The standard InChI is InChI=1S/C31H21BrFN3O3S2/c1-17-9-10-20(15-24(17)33)27(37)25-26(19-11-13-22(32)14-12-19)36(29(39)28(25)38)30-34-35-31(41-30)40-16-21-7-4-6-18-5-2-3-8-23(18)21/h2-15,26,37H,16H2,1H3/b27-25+. The van der Waals surface area contributed by atoms with Crippen LogP contribution in [0.15, 0.2) is 99.3 Å². The molecule has 0 saturated carbocycles. The van der Waals surface area contributed by atoms with Gasteiger partial charge in [-0.25, -0.2) is 4.39 Å². The van der Waals surface area contributed by atoms with Gasteiger partial charge < -0.3 is 5.11 Å². The molecule has 1 N–H and O–H groups in total. The molecule has 1 unspecified atom stereocenters. The van der Waals surface area contributed by atoms with Crippen LogP contribution in [0.5, 0.6) is 0 Å². The van der Waals surface area contributed by atoms with Gasteiger partial charge in [-0.1, -0.05) is 106 Å². The van der Waals surface area contributed by atoms with Crippen LogP contribution >= 0.6 is 39.0 Å². The van der Waals surface area contributed by atoms with E-state index < -0.39 is 29.3 Å². The van der Waals surface area contributed by atoms with Crippen molar-refractivity contribution in [3.05, 3.63) is 123 Å². The summed E-state index contributed by atoms with van der Waals surface area (Å²) < 4.78 is 15.8. The normalized spacial score (nSPS) is 16.6. The van der Waals surface area contributed by atoms with Crippen LogP contribution in [0.3, 0.4) is 0 Å². The van der Waals surface area contributed by atoms with Gasteiger partial charge in [0.05, 0.1) is 11.6 Å². The largest absolute Gasteiger partial charge is 0.507 e. The minimum absolute atomic E-state index is 0.108. The van der Waals surface area contributed by atoms with Crippen LogP contribution in [0, 0.1) is 12.7 Å². The summed E-state index contributed by atoms with van der Waals surface area (Å²) in [4.78, 5) is 28.1. The van der Waals surface area contributed by atoms with E-state index in [1.807, 2.05) is 18.2 Å². The Morgan fingerprint density at radius 2 is 1.78 bits per heavy atom. The molecular weight excluding hydrogens is 625 g/mol. The number of Topliss-reactive ketones (excluding diaryl/α,β-unsaturated/α-hetero) is 1. The molecule has 0 radical (unpaired) electrons. The third kappa shape index (κ3) is 5.18. The first-order valence-corrected chi connectivity index (χ1v) is 15.2. The number of thioether (sulfide) groups is 1. The summed E-state index contributed by atoms with van der Waals surface area (Å²) in [5.74, 6) is -2.05. The fourth-order valence-corrected chi connectivity index (χ4v) is 6.94. The van der Waals surface area contributed by atoms with E-state index in [1.165, 1.54) is 40.1 Å². The number of benzene rings is 4. The zero-order valence-electron chi connectivity index (χ0n) is 21.5. The number of fused-ring (bicyclic) bond motifs is 1. The molecule has 41 heavy (non-hydrogen) atoms. The summed E-state index contributed by atoms with van der Waals surface area (Å²) in [6.07, 6.45) is 0. The number of anilines is 1. The van der Waals surface area contributed by atoms with Gasteiger partial charge in [0.2, 0.25) is 5.13 Å². The van der Waals surface area contributed by atoms with Crippen LogP contribution in [0.4, 0.5) is 9.52 Å². The molecule has 5 aromatic rings. The first-order valence-electron chi connectivity index (χ1n) is 12.6. The number of aryl methyl sites for hydroxylation is 1. The number of aliphatic hydroxyl groups is 1. The molecule has 1 amide bonds. The van der Waals surface area contributed by atoms with Crippen molar-refractivity contribution in [3.8, 4) is 0 Å². The zero-order valence-corrected chi connectivity index (χ0v) is 24.8. The minimum Gasteiger partial charge on any atom is -0.507 e. The van der Waals surface area contributed by atoms with E-state index >= 15 is 0 Å². The Bertz CT molecular complexity index is 1850. The van der Waals surface area contributed by atoms with Crippen LogP contribution < -0.4 is 4.90 Å². The summed E-state index contributed by atoms with van der Waals surface area (Å²) in [5.41, 5.74) is 2.10. The van der Waals surface area contributed by atoms with Gasteiger partial charge in [-0.3, -0.25) is 14.5 Å². The fraction of sp³-hybridized carbons (Fsp3) is 0.0968. The highest BCUT2D eigenvalue weighted by Gasteiger charge is 2.48. The number of ketones is 1. The maximum absolute atomic E-state index is 14.4. The third-order valence-electron chi connectivity index (χ3n) is 6.91. The summed E-state index contributed by atoms with van der Waals surface area (Å²) in [5, 5.41) is 22.3. The Morgan fingerprint density at radius 1 is 1.02 bits per heavy atom. The molecule has 1 saturated heterocycles. The van der Waals surface area contributed by atoms with Gasteiger partial charge in [0.1, 0.15) is 11.6 Å². The fourth-order valence-electron chi connectivity index (χ4n) is 4.80. The lowest BCUT2D eigenvalue weighted by molar-refractivity contribution is -0.132. The van der Waals surface area contributed by atoms with Crippen LogP contribution in [0.2, 0.25) is 0 Å². The molecule has 1 aliphatic rings. The van der Waals surface area contributed by atoms with E-state index in [9.17, 15) is 19.1 Å². The topological polar surface area (TPSA) is 83.4 Å². The molecule has 1 atom stereocenters. The molecular formula is C31H21BrFN3O3S2. The molecule has 6 nitrogen and oxygen atoms in total. The second-order valence-corrected chi connectivity index (χ2v) is 12.6. The van der Waals surface area contributed by atoms with Crippen LogP contribution in [0.1, 0.15) is 28.3 Å². The molecule has 1 aromatic heterocycles. The summed E-state index contributed by atoms with van der Waals surface area (Å²) >= 11 is 6.10. The predicted octanol–water partition coefficient (Wildman–Crippen LogP) is 7.82. The number of hydrogen-bond donors (Lipinski definition) is 1. The average molecular weight is 647 g/mol. The lowest BCUT2D eigenvalue weighted by Crippen LogP contribution is -2.29. The van der Waals surface area contributed by atoms with Crippen LogP contribution in [-0.4, -0.2) is 27.0 Å². The summed E-state index contributed by atoms with van der Waals surface area (Å²) in [7, 11) is 0. The average Bonchev–Trinajstić information content (AvgIpc) is 3.55. The Balaban J connectivity index is 1.37. The smallest absolute Gasteiger partial charge is 0.301 e. The second-order valence-electron chi connectivity index (χ2n) is 9.46. The van der Waals surface area contributed by atoms with Crippen molar-refractivity contribution >= 4 is 72.4 Å². The first-order chi connectivity index (χ1) is 19.8. The number of amides is 1. The molecule has 4 aromatic carbocycles. The van der Waals surface area contributed by atoms with E-state index in [1.54, 1.807) is 31.2 Å². The van der Waals surface area contributed by atoms with Gasteiger partial charge in [-0.15, -0.1) is 10.2 Å². The highest BCUT2D eigenvalue weighted by atomic mass is 79.9. The van der Waals surface area contributed by atoms with Crippen molar-refractivity contribution in [2.24, 2.45) is 0 Å². The lowest BCUT2D eigenvalue weighted by Gasteiger charge is -2.22. The van der Waals surface area contributed by atoms with Crippen molar-refractivity contribution in [3.63, 3.8) is 0 Å². The van der Waals surface area contributed by atoms with Crippen molar-refractivity contribution in [1.82, 2.24) is 10.2 Å². The Kier molecular flexibility index (Phi) is 7.46. The maximum Gasteiger partial charge on any atom is 0.301 e. The highest BCUT2D eigenvalue weighted by molar-refractivity contribution is 9.10. The molecule has 0 bridgehead atoms. The number of aromatic nitrogens is 2. The molecule has 6 rings (SSSR count). The minimum atomic E-state index is -0.976. The van der Waals surface area contributed by atoms with Gasteiger partial charge in [0.15, 0.2) is 4.34 Å². The van der Waals surface area contributed by atoms with E-state index in [0.29, 0.717) is 21.2 Å². The molecule has 0 spiro atoms. The first kappa shape index (κ1) is 27.3. The lowest BCUT2D eigenvalue weighted by atomic mass is 9.95. The van der Waals surface area contributed by atoms with Crippen LogP contribution in [0.25, 0.3) is 16.5 Å². The Hall–Kier alpha value is -3.86. The van der Waals surface area contributed by atoms with Crippen molar-refractivity contribution in [2.75, 3.05) is 4.90 Å². The quantitative estimate of drug-likeness (QED) is 0.0666. The van der Waals surface area contributed by atoms with Gasteiger partial charge in [0, 0.05) is 15.8 Å². The van der Waals surface area contributed by atoms with Gasteiger partial charge >= 0.3 is 5.91 Å². The van der Waals surface area contributed by atoms with Crippen molar-refractivity contribution in [1.29, 1.82) is 0 Å². The number of halogens is 2. The molecule has 0 aliphatic carbocycles. The number of aliphatic hydroxyl groups excluding tert-OH is 1. The Morgan fingerprint density at radius 3 is 2.56 bits per heavy atom. The summed E-state index contributed by atoms with van der Waals surface area (Å²) in [6.45, 7) is 1.60.